The average molecular weight is 385 g/mol. The van der Waals surface area contributed by atoms with E-state index in [-0.39, 0.29) is 17.6 Å². The number of methoxy groups -OCH3 is 1. The van der Waals surface area contributed by atoms with Crippen molar-refractivity contribution in [1.82, 2.24) is 5.32 Å². The second-order valence-corrected chi connectivity index (χ2v) is 7.50. The summed E-state index contributed by atoms with van der Waals surface area (Å²) in [6, 6.07) is 12.9. The molecule has 150 valence electrons. The molecule has 28 heavy (non-hydrogen) atoms. The van der Waals surface area contributed by atoms with E-state index in [4.69, 9.17) is 4.74 Å². The van der Waals surface area contributed by atoms with Gasteiger partial charge < -0.3 is 15.2 Å². The van der Waals surface area contributed by atoms with E-state index in [1.54, 1.807) is 19.2 Å². The molecule has 0 saturated heterocycles. The van der Waals surface area contributed by atoms with Crippen LogP contribution in [0.15, 0.2) is 48.5 Å². The summed E-state index contributed by atoms with van der Waals surface area (Å²) in [5.41, 5.74) is 1.57. The van der Waals surface area contributed by atoms with Crippen LogP contribution in [-0.4, -0.2) is 24.2 Å². The van der Waals surface area contributed by atoms with Gasteiger partial charge >= 0.3 is 0 Å². The van der Waals surface area contributed by atoms with E-state index in [1.165, 1.54) is 18.6 Å². The van der Waals surface area contributed by atoms with E-state index in [0.717, 1.165) is 37.0 Å². The summed E-state index contributed by atoms with van der Waals surface area (Å²) in [5.74, 6) is 0.409. The molecular formula is C23H28FNO3. The number of aliphatic hydroxyl groups excluding tert-OH is 1. The third-order valence-corrected chi connectivity index (χ3v) is 5.51. The molecule has 1 saturated carbocycles. The smallest absolute Gasteiger partial charge is 0.223 e. The monoisotopic (exact) mass is 385 g/mol. The minimum Gasteiger partial charge on any atom is -0.497 e. The van der Waals surface area contributed by atoms with E-state index in [1.807, 2.05) is 24.3 Å². The Hall–Kier alpha value is -2.40. The highest BCUT2D eigenvalue weighted by atomic mass is 19.1. The minimum atomic E-state index is -0.921. The predicted octanol–water partition coefficient (Wildman–Crippen LogP) is 4.18. The number of carbonyl (C=O) groups excluding carboxylic acids is 1. The number of aliphatic hydroxyl groups is 1. The molecule has 2 atom stereocenters. The number of hydrogen-bond acceptors (Lipinski definition) is 3. The number of nitrogens with one attached hydrogen (secondary N) is 1. The van der Waals surface area contributed by atoms with Gasteiger partial charge in [0.05, 0.1) is 19.3 Å². The largest absolute Gasteiger partial charge is 0.497 e. The maximum absolute atomic E-state index is 13.3. The lowest BCUT2D eigenvalue weighted by Gasteiger charge is -2.28. The van der Waals surface area contributed by atoms with Gasteiger partial charge in [0.25, 0.3) is 0 Å². The fraction of sp³-hybridized carbons (Fsp3) is 0.435. The Balaban J connectivity index is 1.77. The Morgan fingerprint density at radius 2 is 1.75 bits per heavy atom. The molecule has 0 heterocycles. The van der Waals surface area contributed by atoms with Gasteiger partial charge in [0, 0.05) is 5.92 Å². The van der Waals surface area contributed by atoms with Crippen LogP contribution in [0.25, 0.3) is 0 Å². The molecule has 0 spiro atoms. The first-order valence-electron chi connectivity index (χ1n) is 9.93. The number of rotatable bonds is 7. The van der Waals surface area contributed by atoms with Crippen LogP contribution in [0.1, 0.15) is 49.3 Å². The average Bonchev–Trinajstić information content (AvgIpc) is 2.74. The molecule has 2 N–H and O–H groups in total. The molecule has 2 aromatic carbocycles. The van der Waals surface area contributed by atoms with E-state index in [2.05, 4.69) is 5.32 Å². The molecular weight excluding hydrogens is 357 g/mol. The zero-order valence-electron chi connectivity index (χ0n) is 16.2. The Bertz CT molecular complexity index is 754. The molecule has 1 aliphatic rings. The van der Waals surface area contributed by atoms with Crippen molar-refractivity contribution in [2.24, 2.45) is 5.92 Å². The standard InChI is InChI=1S/C23H28FNO3/c1-28-20-13-7-16(8-14-20)15-21(22(26)17-9-11-19(24)12-10-17)25-23(27)18-5-3-2-4-6-18/h7-14,18,21-22,26H,2-6,15H2,1H3,(H,25,27). The van der Waals surface area contributed by atoms with E-state index in [0.29, 0.717) is 12.0 Å². The molecule has 0 bridgehead atoms. The van der Waals surface area contributed by atoms with Crippen molar-refractivity contribution >= 4 is 5.91 Å². The van der Waals surface area contributed by atoms with E-state index >= 15 is 0 Å². The van der Waals surface area contributed by atoms with Crippen LogP contribution in [0.4, 0.5) is 4.39 Å². The van der Waals surface area contributed by atoms with Gasteiger partial charge in [-0.2, -0.15) is 0 Å². The first-order valence-corrected chi connectivity index (χ1v) is 9.93. The maximum Gasteiger partial charge on any atom is 0.223 e. The first kappa shape index (κ1) is 20.3. The van der Waals surface area contributed by atoms with Crippen molar-refractivity contribution in [2.45, 2.75) is 50.7 Å². The summed E-state index contributed by atoms with van der Waals surface area (Å²) >= 11 is 0. The number of halogens is 1. The molecule has 1 fully saturated rings. The molecule has 0 aliphatic heterocycles. The SMILES string of the molecule is COc1ccc(CC(NC(=O)C2CCCCC2)C(O)c2ccc(F)cc2)cc1. The Morgan fingerprint density at radius 3 is 2.36 bits per heavy atom. The quantitative estimate of drug-likeness (QED) is 0.752. The summed E-state index contributed by atoms with van der Waals surface area (Å²) < 4.78 is 18.5. The topological polar surface area (TPSA) is 58.6 Å². The Kier molecular flexibility index (Phi) is 7.04. The summed E-state index contributed by atoms with van der Waals surface area (Å²) in [6.45, 7) is 0. The number of ether oxygens (including phenoxy) is 1. The molecule has 0 radical (unpaired) electrons. The molecule has 4 nitrogen and oxygen atoms in total. The third kappa shape index (κ3) is 5.32. The highest BCUT2D eigenvalue weighted by Gasteiger charge is 2.28. The van der Waals surface area contributed by atoms with Gasteiger partial charge in [-0.15, -0.1) is 0 Å². The highest BCUT2D eigenvalue weighted by Crippen LogP contribution is 2.26. The van der Waals surface area contributed by atoms with Crippen LogP contribution in [0, 0.1) is 11.7 Å². The first-order chi connectivity index (χ1) is 13.6. The van der Waals surface area contributed by atoms with Gasteiger partial charge in [0.2, 0.25) is 5.91 Å². The van der Waals surface area contributed by atoms with Crippen molar-refractivity contribution in [1.29, 1.82) is 0 Å². The lowest BCUT2D eigenvalue weighted by molar-refractivity contribution is -0.127. The lowest BCUT2D eigenvalue weighted by Crippen LogP contribution is -2.44. The Morgan fingerprint density at radius 1 is 1.11 bits per heavy atom. The predicted molar refractivity (Wildman–Crippen MR) is 107 cm³/mol. The summed E-state index contributed by atoms with van der Waals surface area (Å²) in [4.78, 5) is 12.8. The second kappa shape index (κ2) is 9.69. The molecule has 0 aromatic heterocycles. The van der Waals surface area contributed by atoms with Crippen LogP contribution in [0.2, 0.25) is 0 Å². The minimum absolute atomic E-state index is 0.000580. The van der Waals surface area contributed by atoms with Crippen molar-refractivity contribution in [2.75, 3.05) is 7.11 Å². The molecule has 2 unspecified atom stereocenters. The fourth-order valence-electron chi connectivity index (χ4n) is 3.81. The van der Waals surface area contributed by atoms with Crippen molar-refractivity contribution in [3.8, 4) is 5.75 Å². The van der Waals surface area contributed by atoms with Gasteiger partial charge in [0.15, 0.2) is 0 Å². The van der Waals surface area contributed by atoms with Gasteiger partial charge in [-0.3, -0.25) is 4.79 Å². The van der Waals surface area contributed by atoms with E-state index < -0.39 is 12.1 Å². The number of carbonyl (C=O) groups is 1. The van der Waals surface area contributed by atoms with Gasteiger partial charge in [-0.25, -0.2) is 4.39 Å². The van der Waals surface area contributed by atoms with Crippen molar-refractivity contribution in [3.05, 3.63) is 65.5 Å². The van der Waals surface area contributed by atoms with E-state index in [9.17, 15) is 14.3 Å². The third-order valence-electron chi connectivity index (χ3n) is 5.51. The van der Waals surface area contributed by atoms with Gasteiger partial charge in [-0.1, -0.05) is 43.5 Å². The fourth-order valence-corrected chi connectivity index (χ4v) is 3.81. The van der Waals surface area contributed by atoms with Crippen LogP contribution in [-0.2, 0) is 11.2 Å². The summed E-state index contributed by atoms with van der Waals surface area (Å²) in [6.07, 6.45) is 4.67. The van der Waals surface area contributed by atoms with Gasteiger partial charge in [0.1, 0.15) is 11.6 Å². The Labute approximate surface area is 165 Å². The van der Waals surface area contributed by atoms with Crippen molar-refractivity contribution < 1.29 is 19.0 Å². The van der Waals surface area contributed by atoms with Crippen molar-refractivity contribution in [3.63, 3.8) is 0 Å². The van der Waals surface area contributed by atoms with Gasteiger partial charge in [-0.05, 0) is 54.7 Å². The second-order valence-electron chi connectivity index (χ2n) is 7.50. The number of hydrogen-bond donors (Lipinski definition) is 2. The summed E-state index contributed by atoms with van der Waals surface area (Å²) in [7, 11) is 1.61. The maximum atomic E-state index is 13.3. The number of benzene rings is 2. The molecule has 3 rings (SSSR count). The van der Waals surface area contributed by atoms with Crippen LogP contribution in [0.3, 0.4) is 0 Å². The zero-order chi connectivity index (χ0) is 19.9. The number of amides is 1. The molecule has 2 aromatic rings. The summed E-state index contributed by atoms with van der Waals surface area (Å²) in [5, 5.41) is 14.0. The van der Waals surface area contributed by atoms with Crippen LogP contribution >= 0.6 is 0 Å². The molecule has 1 amide bonds. The van der Waals surface area contributed by atoms with Crippen LogP contribution in [0.5, 0.6) is 5.75 Å². The lowest BCUT2D eigenvalue weighted by atomic mass is 9.87. The molecule has 1 aliphatic carbocycles. The zero-order valence-corrected chi connectivity index (χ0v) is 16.2. The van der Waals surface area contributed by atoms with Crippen LogP contribution < -0.4 is 10.1 Å². The highest BCUT2D eigenvalue weighted by molar-refractivity contribution is 5.79. The molecule has 5 heteroatoms. The normalized spacial score (nSPS) is 17.0.